The molecule has 0 spiro atoms. The molecule has 0 saturated heterocycles. The maximum atomic E-state index is 8.39. The predicted molar refractivity (Wildman–Crippen MR) is 98.5 cm³/mol. The van der Waals surface area contributed by atoms with Gasteiger partial charge in [0.25, 0.3) is 0 Å². The Balaban J connectivity index is 0.000000423. The van der Waals surface area contributed by atoms with Gasteiger partial charge >= 0.3 is 0 Å². The van der Waals surface area contributed by atoms with Crippen LogP contribution in [0, 0.1) is 34.0 Å². The summed E-state index contributed by atoms with van der Waals surface area (Å²) < 4.78 is 0. The lowest BCUT2D eigenvalue weighted by atomic mass is 10.0. The zero-order chi connectivity index (χ0) is 17.9. The number of nitriles is 2. The van der Waals surface area contributed by atoms with E-state index in [9.17, 15) is 0 Å². The molecule has 0 heterocycles. The van der Waals surface area contributed by atoms with Crippen LogP contribution < -0.4 is 0 Å². The van der Waals surface area contributed by atoms with Crippen LogP contribution in [-0.4, -0.2) is 0 Å². The molecule has 0 N–H and O–H groups in total. The zero-order valence-corrected chi connectivity index (χ0v) is 15.7. The first-order valence-electron chi connectivity index (χ1n) is 8.46. The average Bonchev–Trinajstić information content (AvgIpc) is 3.05. The molecule has 23 heavy (non-hydrogen) atoms. The summed E-state index contributed by atoms with van der Waals surface area (Å²) in [6.07, 6.45) is 11.2. The summed E-state index contributed by atoms with van der Waals surface area (Å²) in [6.45, 7) is 12.8. The molecule has 1 unspecified atom stereocenters. The van der Waals surface area contributed by atoms with Gasteiger partial charge in [-0.25, -0.2) is 0 Å². The van der Waals surface area contributed by atoms with Gasteiger partial charge in [-0.1, -0.05) is 36.6 Å². The van der Waals surface area contributed by atoms with Crippen molar-refractivity contribution < 1.29 is 0 Å². The van der Waals surface area contributed by atoms with Crippen molar-refractivity contribution >= 4 is 0 Å². The minimum absolute atomic E-state index is 0.590. The maximum absolute atomic E-state index is 8.39. The molecule has 0 aromatic rings. The third kappa shape index (κ3) is 11.4. The van der Waals surface area contributed by atoms with E-state index in [-0.39, 0.29) is 0 Å². The molecule has 1 saturated carbocycles. The largest absolute Gasteiger partial charge is 0.193 e. The van der Waals surface area contributed by atoms with Crippen LogP contribution in [0.5, 0.6) is 0 Å². The summed E-state index contributed by atoms with van der Waals surface area (Å²) in [6, 6.07) is 4.09. The van der Waals surface area contributed by atoms with Crippen LogP contribution in [0.15, 0.2) is 34.9 Å². The quantitative estimate of drug-likeness (QED) is 0.416. The molecule has 1 aliphatic carbocycles. The van der Waals surface area contributed by atoms with E-state index in [1.165, 1.54) is 24.0 Å². The highest BCUT2D eigenvalue weighted by molar-refractivity contribution is 5.12. The number of nitrogens with zero attached hydrogens (tertiary/aromatic N) is 2. The number of hydrogen-bond acceptors (Lipinski definition) is 2. The summed E-state index contributed by atoms with van der Waals surface area (Å²) in [7, 11) is 0. The van der Waals surface area contributed by atoms with Gasteiger partial charge in [-0.15, -0.1) is 0 Å². The second kappa shape index (κ2) is 10.8. The highest BCUT2D eigenvalue weighted by Gasteiger charge is 2.44. The van der Waals surface area contributed by atoms with Gasteiger partial charge < -0.3 is 0 Å². The van der Waals surface area contributed by atoms with E-state index in [0.717, 1.165) is 30.8 Å². The van der Waals surface area contributed by atoms with E-state index in [0.29, 0.717) is 5.41 Å². The number of hydrogen-bond donors (Lipinski definition) is 0. The Hall–Kier alpha value is -1.80. The van der Waals surface area contributed by atoms with Crippen LogP contribution >= 0.6 is 0 Å². The third-order valence-corrected chi connectivity index (χ3v) is 4.32. The van der Waals surface area contributed by atoms with Crippen LogP contribution in [0.3, 0.4) is 0 Å². The number of rotatable bonds is 6. The van der Waals surface area contributed by atoms with Gasteiger partial charge in [0.05, 0.1) is 12.1 Å². The van der Waals surface area contributed by atoms with Crippen molar-refractivity contribution in [3.8, 4) is 12.1 Å². The Morgan fingerprint density at radius 2 is 1.48 bits per heavy atom. The van der Waals surface area contributed by atoms with Crippen molar-refractivity contribution in [1.82, 2.24) is 0 Å². The molecule has 1 aliphatic rings. The first kappa shape index (κ1) is 21.2. The van der Waals surface area contributed by atoms with Gasteiger partial charge in [0.1, 0.15) is 0 Å². The van der Waals surface area contributed by atoms with E-state index in [1.54, 1.807) is 12.2 Å². The average molecular weight is 313 g/mol. The fourth-order valence-corrected chi connectivity index (χ4v) is 2.42. The second-order valence-electron chi connectivity index (χ2n) is 7.49. The summed E-state index contributed by atoms with van der Waals surface area (Å²) in [4.78, 5) is 0. The molecule has 0 aromatic heterocycles. The van der Waals surface area contributed by atoms with Crippen LogP contribution in [0.25, 0.3) is 0 Å². The van der Waals surface area contributed by atoms with Gasteiger partial charge in [-0.3, -0.25) is 0 Å². The molecule has 1 rings (SSSR count). The molecule has 1 atom stereocenters. The molecule has 1 fully saturated rings. The first-order valence-corrected chi connectivity index (χ1v) is 8.46. The summed E-state index contributed by atoms with van der Waals surface area (Å²) >= 11 is 0. The van der Waals surface area contributed by atoms with E-state index in [2.05, 4.69) is 39.8 Å². The minimum Gasteiger partial charge on any atom is -0.193 e. The van der Waals surface area contributed by atoms with Gasteiger partial charge in [0.2, 0.25) is 0 Å². The third-order valence-electron chi connectivity index (χ3n) is 4.32. The fourth-order valence-electron chi connectivity index (χ4n) is 2.42. The molecule has 0 aliphatic heterocycles. The van der Waals surface area contributed by atoms with Crippen molar-refractivity contribution in [3.63, 3.8) is 0 Å². The Morgan fingerprint density at radius 1 is 1.00 bits per heavy atom. The standard InChI is InChI=1S/C11H17N.C10H15N/c1-9(6-7-12)4-5-10-8-11(10,2)3;1-9(2)5-4-6-10(3)7-8-11/h6,10H,4-5,8H2,1-3H3;5,7H,4,6H2,1-3H3/b9-6+;10-7+. The fraction of sp³-hybridized carbons (Fsp3) is 0.619. The normalized spacial score (nSPS) is 18.9. The van der Waals surface area contributed by atoms with Crippen molar-refractivity contribution in [2.24, 2.45) is 11.3 Å². The van der Waals surface area contributed by atoms with Crippen molar-refractivity contribution in [3.05, 3.63) is 34.9 Å². The lowest BCUT2D eigenvalue weighted by Crippen LogP contribution is -1.90. The monoisotopic (exact) mass is 312 g/mol. The summed E-state index contributed by atoms with van der Waals surface area (Å²) in [5.41, 5.74) is 4.31. The predicted octanol–water partition coefficient (Wildman–Crippen LogP) is 6.49. The highest BCUT2D eigenvalue weighted by Crippen LogP contribution is 2.54. The van der Waals surface area contributed by atoms with Crippen LogP contribution in [-0.2, 0) is 0 Å². The Morgan fingerprint density at radius 3 is 1.87 bits per heavy atom. The zero-order valence-electron chi connectivity index (χ0n) is 15.7. The summed E-state index contributed by atoms with van der Waals surface area (Å²) in [5.74, 6) is 0.902. The molecule has 0 radical (unpaired) electrons. The molecule has 0 amide bonds. The molecule has 2 nitrogen and oxygen atoms in total. The SMILES string of the molecule is C/C(=C\C#N)CCC1CC1(C)C.CC(C)=CCC/C(C)=C/C#N. The molecular formula is C21H32N2. The highest BCUT2D eigenvalue weighted by atomic mass is 14.5. The molecule has 126 valence electrons. The lowest BCUT2D eigenvalue weighted by Gasteiger charge is -2.02. The molecule has 0 bridgehead atoms. The maximum Gasteiger partial charge on any atom is 0.0911 e. The van der Waals surface area contributed by atoms with Gasteiger partial charge in [0.15, 0.2) is 0 Å². The van der Waals surface area contributed by atoms with Gasteiger partial charge in [0, 0.05) is 12.2 Å². The van der Waals surface area contributed by atoms with Crippen molar-refractivity contribution in [2.45, 2.75) is 73.6 Å². The van der Waals surface area contributed by atoms with Crippen LogP contribution in [0.1, 0.15) is 73.6 Å². The van der Waals surface area contributed by atoms with Gasteiger partial charge in [-0.05, 0) is 71.1 Å². The Kier molecular flexibility index (Phi) is 10.00. The topological polar surface area (TPSA) is 47.6 Å². The van der Waals surface area contributed by atoms with E-state index in [4.69, 9.17) is 10.5 Å². The number of allylic oxidation sites excluding steroid dienone is 6. The van der Waals surface area contributed by atoms with E-state index < -0.39 is 0 Å². The molecule has 2 heteroatoms. The van der Waals surface area contributed by atoms with E-state index >= 15 is 0 Å². The lowest BCUT2D eigenvalue weighted by molar-refractivity contribution is 0.532. The molecule has 0 aromatic carbocycles. The second-order valence-corrected chi connectivity index (χ2v) is 7.49. The van der Waals surface area contributed by atoms with E-state index in [1.807, 2.05) is 19.9 Å². The smallest absolute Gasteiger partial charge is 0.0911 e. The van der Waals surface area contributed by atoms with Gasteiger partial charge in [-0.2, -0.15) is 10.5 Å². The minimum atomic E-state index is 0.590. The first-order chi connectivity index (χ1) is 10.7. The van der Waals surface area contributed by atoms with Crippen LogP contribution in [0.4, 0.5) is 0 Å². The van der Waals surface area contributed by atoms with Crippen LogP contribution in [0.2, 0.25) is 0 Å². The Bertz CT molecular complexity index is 529. The summed E-state index contributed by atoms with van der Waals surface area (Å²) in [5, 5.41) is 16.7. The van der Waals surface area contributed by atoms with Crippen molar-refractivity contribution in [1.29, 1.82) is 10.5 Å². The molecular weight excluding hydrogens is 280 g/mol. The van der Waals surface area contributed by atoms with Crippen molar-refractivity contribution in [2.75, 3.05) is 0 Å². The Labute approximate surface area is 143 Å².